The first-order valence-electron chi connectivity index (χ1n) is 7.23. The van der Waals surface area contributed by atoms with Crippen molar-refractivity contribution in [1.82, 2.24) is 9.97 Å². The number of para-hydroxylation sites is 2. The van der Waals surface area contributed by atoms with Gasteiger partial charge in [-0.25, -0.2) is 4.98 Å². The molecule has 4 aromatic rings. The van der Waals surface area contributed by atoms with Crippen LogP contribution in [-0.4, -0.2) is 15.9 Å². The second-order valence-corrected chi connectivity index (χ2v) is 5.31. The lowest BCUT2D eigenvalue weighted by atomic mass is 10.2. The highest BCUT2D eigenvalue weighted by Crippen LogP contribution is 2.22. The van der Waals surface area contributed by atoms with Gasteiger partial charge in [0.15, 0.2) is 0 Å². The van der Waals surface area contributed by atoms with Crippen LogP contribution in [0.15, 0.2) is 57.9 Å². The summed E-state index contributed by atoms with van der Waals surface area (Å²) in [5.41, 5.74) is 9.44. The fourth-order valence-electron chi connectivity index (χ4n) is 2.54. The maximum absolute atomic E-state index is 5.96. The predicted molar refractivity (Wildman–Crippen MR) is 91.9 cm³/mol. The maximum atomic E-state index is 5.96. The zero-order chi connectivity index (χ0) is 15.8. The number of benzene rings is 2. The summed E-state index contributed by atoms with van der Waals surface area (Å²) >= 11 is 0. The van der Waals surface area contributed by atoms with Gasteiger partial charge in [-0.05, 0) is 43.3 Å². The molecule has 0 aliphatic rings. The molecule has 0 saturated heterocycles. The quantitative estimate of drug-likeness (QED) is 0.389. The van der Waals surface area contributed by atoms with Crippen LogP contribution >= 0.6 is 0 Å². The van der Waals surface area contributed by atoms with E-state index in [0.717, 1.165) is 33.5 Å². The van der Waals surface area contributed by atoms with E-state index < -0.39 is 0 Å². The van der Waals surface area contributed by atoms with E-state index in [2.05, 4.69) is 20.3 Å². The van der Waals surface area contributed by atoms with Crippen molar-refractivity contribution in [2.24, 2.45) is 10.7 Å². The summed E-state index contributed by atoms with van der Waals surface area (Å²) in [6.07, 6.45) is 0. The van der Waals surface area contributed by atoms with E-state index in [1.165, 1.54) is 0 Å². The summed E-state index contributed by atoms with van der Waals surface area (Å²) in [6, 6.07) is 15.5. The summed E-state index contributed by atoms with van der Waals surface area (Å²) in [4.78, 5) is 11.8. The van der Waals surface area contributed by atoms with Gasteiger partial charge in [-0.2, -0.15) is 4.99 Å². The van der Waals surface area contributed by atoms with Crippen molar-refractivity contribution in [2.45, 2.75) is 6.92 Å². The van der Waals surface area contributed by atoms with Crippen molar-refractivity contribution in [2.75, 3.05) is 5.32 Å². The molecule has 0 radical (unpaired) electrons. The first-order chi connectivity index (χ1) is 11.2. The van der Waals surface area contributed by atoms with Gasteiger partial charge in [0.2, 0.25) is 11.9 Å². The molecule has 0 aliphatic carbocycles. The monoisotopic (exact) mass is 305 g/mol. The number of rotatable bonds is 2. The Morgan fingerprint density at radius 2 is 2.09 bits per heavy atom. The summed E-state index contributed by atoms with van der Waals surface area (Å²) in [5.74, 6) is 1.61. The van der Waals surface area contributed by atoms with E-state index in [4.69, 9.17) is 10.2 Å². The summed E-state index contributed by atoms with van der Waals surface area (Å²) in [5, 5.41) is 4.08. The third kappa shape index (κ3) is 2.62. The van der Waals surface area contributed by atoms with Crippen LogP contribution in [0.2, 0.25) is 0 Å². The minimum atomic E-state index is 0.267. The van der Waals surface area contributed by atoms with Gasteiger partial charge in [0.25, 0.3) is 0 Å². The third-order valence-corrected chi connectivity index (χ3v) is 3.52. The lowest BCUT2D eigenvalue weighted by Gasteiger charge is -2.04. The maximum Gasteiger partial charge on any atom is 0.231 e. The Bertz CT molecular complexity index is 995. The zero-order valence-corrected chi connectivity index (χ0v) is 12.5. The molecule has 2 aromatic heterocycles. The van der Waals surface area contributed by atoms with Gasteiger partial charge in [-0.3, -0.25) is 0 Å². The molecule has 2 heterocycles. The fraction of sp³-hybridized carbons (Fsp3) is 0.0588. The van der Waals surface area contributed by atoms with E-state index in [0.29, 0.717) is 5.95 Å². The molecule has 0 saturated carbocycles. The number of aromatic nitrogens is 2. The van der Waals surface area contributed by atoms with Crippen LogP contribution in [0.25, 0.3) is 22.0 Å². The van der Waals surface area contributed by atoms with Crippen LogP contribution in [0, 0.1) is 6.92 Å². The Morgan fingerprint density at radius 1 is 1.22 bits per heavy atom. The molecule has 0 bridgehead atoms. The SMILES string of the molecule is Cc1cc2cc(NC(N)=Nc3nc4ccccc4[nH]3)ccc2o1. The molecule has 0 aliphatic heterocycles. The average Bonchev–Trinajstić information content (AvgIpc) is 3.07. The molecule has 0 unspecified atom stereocenters. The van der Waals surface area contributed by atoms with Gasteiger partial charge < -0.3 is 20.5 Å². The number of fused-ring (bicyclic) bond motifs is 2. The molecule has 0 fully saturated rings. The Labute approximate surface area is 132 Å². The smallest absolute Gasteiger partial charge is 0.231 e. The van der Waals surface area contributed by atoms with Crippen molar-refractivity contribution in [3.63, 3.8) is 0 Å². The molecule has 4 rings (SSSR count). The van der Waals surface area contributed by atoms with Crippen molar-refractivity contribution < 1.29 is 4.42 Å². The van der Waals surface area contributed by atoms with E-state index in [9.17, 15) is 0 Å². The number of hydrogen-bond acceptors (Lipinski definition) is 3. The third-order valence-electron chi connectivity index (χ3n) is 3.52. The van der Waals surface area contributed by atoms with Crippen LogP contribution in [0.4, 0.5) is 11.6 Å². The van der Waals surface area contributed by atoms with E-state index in [1.807, 2.05) is 55.5 Å². The molecule has 23 heavy (non-hydrogen) atoms. The van der Waals surface area contributed by atoms with Crippen LogP contribution in [0.1, 0.15) is 5.76 Å². The topological polar surface area (TPSA) is 92.2 Å². The second-order valence-electron chi connectivity index (χ2n) is 5.31. The normalized spacial score (nSPS) is 12.1. The highest BCUT2D eigenvalue weighted by Gasteiger charge is 2.04. The number of furan rings is 1. The molecular weight excluding hydrogens is 290 g/mol. The number of nitrogens with one attached hydrogen (secondary N) is 2. The number of imidazole rings is 1. The number of aryl methyl sites for hydroxylation is 1. The molecule has 0 spiro atoms. The number of anilines is 1. The number of aliphatic imine (C=N–C) groups is 1. The van der Waals surface area contributed by atoms with E-state index in [-0.39, 0.29) is 5.96 Å². The number of guanidine groups is 1. The fourth-order valence-corrected chi connectivity index (χ4v) is 2.54. The van der Waals surface area contributed by atoms with Gasteiger partial charge in [0.1, 0.15) is 11.3 Å². The summed E-state index contributed by atoms with van der Waals surface area (Å²) < 4.78 is 5.55. The van der Waals surface area contributed by atoms with Crippen LogP contribution in [-0.2, 0) is 0 Å². The molecule has 6 nitrogen and oxygen atoms in total. The number of hydrogen-bond donors (Lipinski definition) is 3. The van der Waals surface area contributed by atoms with Crippen molar-refractivity contribution in [3.05, 3.63) is 54.3 Å². The van der Waals surface area contributed by atoms with Gasteiger partial charge in [0.05, 0.1) is 11.0 Å². The van der Waals surface area contributed by atoms with Crippen molar-refractivity contribution >= 4 is 39.6 Å². The molecular formula is C17H15N5O. The predicted octanol–water partition coefficient (Wildman–Crippen LogP) is 3.68. The van der Waals surface area contributed by atoms with Gasteiger partial charge in [-0.15, -0.1) is 0 Å². The van der Waals surface area contributed by atoms with Gasteiger partial charge >= 0.3 is 0 Å². The Balaban J connectivity index is 1.60. The molecule has 114 valence electrons. The number of H-pyrrole nitrogens is 1. The standard InChI is InChI=1S/C17H15N5O/c1-10-8-11-9-12(6-7-15(11)23-10)19-16(18)22-17-20-13-4-2-3-5-14(13)21-17/h2-9H,1H3,(H4,18,19,20,21,22). The average molecular weight is 305 g/mol. The minimum absolute atomic E-state index is 0.267. The van der Waals surface area contributed by atoms with E-state index in [1.54, 1.807) is 0 Å². The summed E-state index contributed by atoms with van der Waals surface area (Å²) in [6.45, 7) is 1.92. The second kappa shape index (κ2) is 5.17. The zero-order valence-electron chi connectivity index (χ0n) is 12.5. The summed E-state index contributed by atoms with van der Waals surface area (Å²) in [7, 11) is 0. The van der Waals surface area contributed by atoms with E-state index >= 15 is 0 Å². The van der Waals surface area contributed by atoms with Crippen molar-refractivity contribution in [1.29, 1.82) is 0 Å². The highest BCUT2D eigenvalue weighted by molar-refractivity contribution is 5.96. The molecule has 4 N–H and O–H groups in total. The highest BCUT2D eigenvalue weighted by atomic mass is 16.3. The molecule has 0 amide bonds. The Morgan fingerprint density at radius 3 is 2.96 bits per heavy atom. The number of nitrogens with two attached hydrogens (primary N) is 1. The lowest BCUT2D eigenvalue weighted by molar-refractivity contribution is 0.578. The molecule has 2 aromatic carbocycles. The molecule has 0 atom stereocenters. The van der Waals surface area contributed by atoms with Crippen LogP contribution < -0.4 is 11.1 Å². The van der Waals surface area contributed by atoms with Crippen LogP contribution in [0.5, 0.6) is 0 Å². The Kier molecular flexibility index (Phi) is 3.01. The number of nitrogens with zero attached hydrogens (tertiary/aromatic N) is 2. The van der Waals surface area contributed by atoms with Crippen molar-refractivity contribution in [3.8, 4) is 0 Å². The lowest BCUT2D eigenvalue weighted by Crippen LogP contribution is -2.21. The number of aromatic amines is 1. The van der Waals surface area contributed by atoms with Gasteiger partial charge in [0, 0.05) is 11.1 Å². The first-order valence-corrected chi connectivity index (χ1v) is 7.23. The van der Waals surface area contributed by atoms with Crippen LogP contribution in [0.3, 0.4) is 0 Å². The minimum Gasteiger partial charge on any atom is -0.461 e. The Hall–Kier alpha value is -3.28. The largest absolute Gasteiger partial charge is 0.461 e. The van der Waals surface area contributed by atoms with Gasteiger partial charge in [-0.1, -0.05) is 12.1 Å². The molecule has 6 heteroatoms. The first kappa shape index (κ1) is 13.4.